The first-order valence-corrected chi connectivity index (χ1v) is 5.69. The number of nitrogens with zero attached hydrogens (tertiary/aromatic N) is 1. The highest BCUT2D eigenvalue weighted by Crippen LogP contribution is 2.11. The van der Waals surface area contributed by atoms with Crippen molar-refractivity contribution in [1.29, 1.82) is 0 Å². The van der Waals surface area contributed by atoms with Crippen molar-refractivity contribution >= 4 is 27.9 Å². The van der Waals surface area contributed by atoms with E-state index in [4.69, 9.17) is 0 Å². The fourth-order valence-corrected chi connectivity index (χ4v) is 1.36. The van der Waals surface area contributed by atoms with Crippen molar-refractivity contribution in [2.24, 2.45) is 4.99 Å². The van der Waals surface area contributed by atoms with Gasteiger partial charge >= 0.3 is 0 Å². The van der Waals surface area contributed by atoms with Crippen LogP contribution in [-0.4, -0.2) is 18.0 Å². The second-order valence-electron chi connectivity index (χ2n) is 3.56. The van der Waals surface area contributed by atoms with E-state index in [2.05, 4.69) is 20.9 Å². The van der Waals surface area contributed by atoms with E-state index in [1.807, 2.05) is 38.1 Å². The van der Waals surface area contributed by atoms with Crippen LogP contribution in [0.4, 0.5) is 0 Å². The Morgan fingerprint density at radius 2 is 2.00 bits per heavy atom. The van der Waals surface area contributed by atoms with Crippen LogP contribution >= 0.6 is 15.9 Å². The number of carbonyl (C=O) groups excluding carboxylic acids is 1. The summed E-state index contributed by atoms with van der Waals surface area (Å²) in [6.07, 6.45) is 2.06. The zero-order valence-electron chi connectivity index (χ0n) is 8.90. The lowest BCUT2D eigenvalue weighted by Gasteiger charge is -1.98. The van der Waals surface area contributed by atoms with Gasteiger partial charge in [-0.3, -0.25) is 9.79 Å². The Morgan fingerprint density at radius 3 is 2.53 bits per heavy atom. The number of ketones is 1. The van der Waals surface area contributed by atoms with E-state index in [9.17, 15) is 4.79 Å². The molecule has 1 aromatic rings. The van der Waals surface area contributed by atoms with Crippen LogP contribution in [0.3, 0.4) is 0 Å². The number of benzene rings is 1. The lowest BCUT2D eigenvalue weighted by atomic mass is 10.1. The van der Waals surface area contributed by atoms with Gasteiger partial charge in [-0.2, -0.15) is 0 Å². The molecule has 80 valence electrons. The third-order valence-electron chi connectivity index (χ3n) is 1.85. The van der Waals surface area contributed by atoms with Crippen molar-refractivity contribution in [2.75, 3.05) is 0 Å². The second kappa shape index (κ2) is 5.81. The van der Waals surface area contributed by atoms with Crippen LogP contribution in [0.25, 0.3) is 0 Å². The summed E-state index contributed by atoms with van der Waals surface area (Å²) in [4.78, 5) is 15.8. The molecule has 15 heavy (non-hydrogen) atoms. The topological polar surface area (TPSA) is 29.4 Å². The highest BCUT2D eigenvalue weighted by atomic mass is 79.9. The fraction of sp³-hybridized carbons (Fsp3) is 0.333. The second-order valence-corrected chi connectivity index (χ2v) is 4.48. The van der Waals surface area contributed by atoms with Crippen molar-refractivity contribution in [3.63, 3.8) is 0 Å². The largest absolute Gasteiger partial charge is 0.294 e. The van der Waals surface area contributed by atoms with Gasteiger partial charge in [0.2, 0.25) is 0 Å². The quantitative estimate of drug-likeness (QED) is 0.607. The molecular formula is C12H14BrNO. The predicted octanol–water partition coefficient (Wildman–Crippen LogP) is 3.50. The molecule has 0 heterocycles. The van der Waals surface area contributed by atoms with Gasteiger partial charge in [-0.15, -0.1) is 0 Å². The maximum atomic E-state index is 11.6. The fourth-order valence-electron chi connectivity index (χ4n) is 1.10. The van der Waals surface area contributed by atoms with Crippen molar-refractivity contribution in [3.8, 4) is 0 Å². The molecule has 0 saturated heterocycles. The zero-order chi connectivity index (χ0) is 11.3. The normalized spacial score (nSPS) is 11.2. The molecule has 0 atom stereocenters. The molecule has 0 fully saturated rings. The van der Waals surface area contributed by atoms with Crippen LogP contribution in [0.2, 0.25) is 0 Å². The maximum Gasteiger partial charge on any atom is 0.168 e. The van der Waals surface area contributed by atoms with Crippen molar-refractivity contribution in [1.82, 2.24) is 0 Å². The van der Waals surface area contributed by atoms with E-state index in [1.165, 1.54) is 0 Å². The Labute approximate surface area is 98.5 Å². The lowest BCUT2D eigenvalue weighted by Crippen LogP contribution is -2.00. The molecule has 0 aliphatic rings. The van der Waals surface area contributed by atoms with Gasteiger partial charge in [0.15, 0.2) is 5.78 Å². The van der Waals surface area contributed by atoms with Crippen molar-refractivity contribution < 1.29 is 4.79 Å². The summed E-state index contributed by atoms with van der Waals surface area (Å²) in [5.41, 5.74) is 0.730. The molecule has 0 aliphatic heterocycles. The number of Topliss-reactive ketones (excluding diaryl/α,β-unsaturated/α-hetero) is 1. The van der Waals surface area contributed by atoms with Crippen LogP contribution in [-0.2, 0) is 0 Å². The lowest BCUT2D eigenvalue weighted by molar-refractivity contribution is 0.100. The summed E-state index contributed by atoms with van der Waals surface area (Å²) in [5, 5.41) is 0. The standard InChI is InChI=1S/C12H14BrNO/c1-9(2)14-8-7-12(15)10-3-5-11(13)6-4-10/h3-6,8-9H,7H2,1-2H3. The number of rotatable bonds is 4. The maximum absolute atomic E-state index is 11.6. The Kier molecular flexibility index (Phi) is 4.69. The van der Waals surface area contributed by atoms with E-state index in [-0.39, 0.29) is 11.8 Å². The molecule has 2 nitrogen and oxygen atoms in total. The van der Waals surface area contributed by atoms with E-state index in [0.717, 1.165) is 10.0 Å². The average molecular weight is 268 g/mol. The molecule has 0 radical (unpaired) electrons. The molecule has 0 N–H and O–H groups in total. The van der Waals surface area contributed by atoms with Crippen LogP contribution in [0, 0.1) is 0 Å². The van der Waals surface area contributed by atoms with Crippen molar-refractivity contribution in [2.45, 2.75) is 26.3 Å². The summed E-state index contributed by atoms with van der Waals surface area (Å²) in [5.74, 6) is 0.104. The van der Waals surface area contributed by atoms with Crippen LogP contribution in [0.15, 0.2) is 33.7 Å². The molecule has 0 spiro atoms. The van der Waals surface area contributed by atoms with Gasteiger partial charge in [0.05, 0.1) is 0 Å². The Balaban J connectivity index is 2.58. The third kappa shape index (κ3) is 4.38. The van der Waals surface area contributed by atoms with Gasteiger partial charge in [0.1, 0.15) is 0 Å². The van der Waals surface area contributed by atoms with Gasteiger partial charge in [-0.1, -0.05) is 28.1 Å². The SMILES string of the molecule is CC(C)N=CCC(=O)c1ccc(Br)cc1. The van der Waals surface area contributed by atoms with E-state index < -0.39 is 0 Å². The highest BCUT2D eigenvalue weighted by molar-refractivity contribution is 9.10. The molecule has 1 aromatic carbocycles. The minimum atomic E-state index is 0.104. The highest BCUT2D eigenvalue weighted by Gasteiger charge is 2.03. The van der Waals surface area contributed by atoms with E-state index >= 15 is 0 Å². The number of hydrogen-bond acceptors (Lipinski definition) is 2. The summed E-state index contributed by atoms with van der Waals surface area (Å²) in [7, 11) is 0. The average Bonchev–Trinajstić information content (AvgIpc) is 2.18. The number of halogens is 1. The smallest absolute Gasteiger partial charge is 0.168 e. The van der Waals surface area contributed by atoms with Crippen LogP contribution in [0.1, 0.15) is 30.6 Å². The van der Waals surface area contributed by atoms with Gasteiger partial charge in [-0.05, 0) is 26.0 Å². The molecule has 0 amide bonds. The summed E-state index contributed by atoms with van der Waals surface area (Å²) < 4.78 is 0.981. The number of carbonyl (C=O) groups is 1. The minimum Gasteiger partial charge on any atom is -0.294 e. The van der Waals surface area contributed by atoms with Crippen molar-refractivity contribution in [3.05, 3.63) is 34.3 Å². The molecule has 0 saturated carbocycles. The molecule has 3 heteroatoms. The minimum absolute atomic E-state index is 0.104. The molecule has 0 aliphatic carbocycles. The van der Waals surface area contributed by atoms with Crippen LogP contribution in [0.5, 0.6) is 0 Å². The summed E-state index contributed by atoms with van der Waals surface area (Å²) in [6, 6.07) is 7.62. The van der Waals surface area contributed by atoms with Crippen LogP contribution < -0.4 is 0 Å². The molecular weight excluding hydrogens is 254 g/mol. The molecule has 0 bridgehead atoms. The molecule has 1 rings (SSSR count). The first-order valence-electron chi connectivity index (χ1n) is 4.90. The van der Waals surface area contributed by atoms with Gasteiger partial charge < -0.3 is 0 Å². The third-order valence-corrected chi connectivity index (χ3v) is 2.38. The predicted molar refractivity (Wildman–Crippen MR) is 66.7 cm³/mol. The Bertz CT molecular complexity index is 354. The molecule has 0 aromatic heterocycles. The monoisotopic (exact) mass is 267 g/mol. The summed E-state index contributed by atoms with van der Waals surface area (Å²) in [6.45, 7) is 3.97. The summed E-state index contributed by atoms with van der Waals surface area (Å²) >= 11 is 3.33. The van der Waals surface area contributed by atoms with Gasteiger partial charge in [-0.25, -0.2) is 0 Å². The van der Waals surface area contributed by atoms with Gasteiger partial charge in [0.25, 0.3) is 0 Å². The van der Waals surface area contributed by atoms with E-state index in [0.29, 0.717) is 6.42 Å². The first-order chi connectivity index (χ1) is 7.09. The Hall–Kier alpha value is -0.960. The first kappa shape index (κ1) is 12.1. The molecule has 0 unspecified atom stereocenters. The Morgan fingerprint density at radius 1 is 1.40 bits per heavy atom. The van der Waals surface area contributed by atoms with E-state index in [1.54, 1.807) is 6.21 Å². The number of hydrogen-bond donors (Lipinski definition) is 0. The zero-order valence-corrected chi connectivity index (χ0v) is 10.5. The number of aliphatic imine (C=N–C) groups is 1. The van der Waals surface area contributed by atoms with Gasteiger partial charge in [0, 0.05) is 28.7 Å².